The average Bonchev–Trinajstić information content (AvgIpc) is 3.14. The van der Waals surface area contributed by atoms with E-state index in [1.807, 2.05) is 6.92 Å². The summed E-state index contributed by atoms with van der Waals surface area (Å²) in [6, 6.07) is 0. The second-order valence-corrected chi connectivity index (χ2v) is 10.7. The fourth-order valence-electron chi connectivity index (χ4n) is 7.53. The number of aliphatic hydroxyl groups excluding tert-OH is 2. The van der Waals surface area contributed by atoms with Crippen LogP contribution >= 0.6 is 0 Å². The van der Waals surface area contributed by atoms with E-state index in [0.717, 1.165) is 32.1 Å². The summed E-state index contributed by atoms with van der Waals surface area (Å²) in [5.41, 5.74) is -1.30. The molecule has 4 aliphatic rings. The van der Waals surface area contributed by atoms with Gasteiger partial charge in [-0.1, -0.05) is 34.1 Å². The van der Waals surface area contributed by atoms with Gasteiger partial charge in [0.15, 0.2) is 6.29 Å². The topological polar surface area (TPSA) is 85.2 Å². The van der Waals surface area contributed by atoms with Crippen LogP contribution in [-0.4, -0.2) is 52.5 Å². The van der Waals surface area contributed by atoms with Crippen molar-refractivity contribution in [3.05, 3.63) is 0 Å². The molecule has 2 saturated heterocycles. The number of carbonyl (C=O) groups excluding carboxylic acids is 1. The molecule has 2 aliphatic carbocycles. The Balaban J connectivity index is 1.79. The van der Waals surface area contributed by atoms with E-state index in [2.05, 4.69) is 20.8 Å². The molecule has 0 unspecified atom stereocenters. The summed E-state index contributed by atoms with van der Waals surface area (Å²) in [5, 5.41) is 21.3. The van der Waals surface area contributed by atoms with Gasteiger partial charge in [0.25, 0.3) is 0 Å². The molecule has 0 aromatic rings. The number of fused-ring (bicyclic) bond motifs is 2. The molecular weight excluding hydrogens is 360 g/mol. The number of esters is 1. The van der Waals surface area contributed by atoms with Gasteiger partial charge in [-0.05, 0) is 31.1 Å². The molecule has 28 heavy (non-hydrogen) atoms. The molecule has 0 amide bonds. The summed E-state index contributed by atoms with van der Waals surface area (Å²) in [7, 11) is 0. The highest BCUT2D eigenvalue weighted by molar-refractivity contribution is 5.66. The third-order valence-electron chi connectivity index (χ3n) is 8.66. The molecule has 8 atom stereocenters. The summed E-state index contributed by atoms with van der Waals surface area (Å²) < 4.78 is 18.2. The zero-order valence-electron chi connectivity index (χ0n) is 17.9. The van der Waals surface area contributed by atoms with Crippen LogP contribution in [0, 0.1) is 22.7 Å². The fourth-order valence-corrected chi connectivity index (χ4v) is 7.53. The minimum atomic E-state index is -0.779. The lowest BCUT2D eigenvalue weighted by Gasteiger charge is -2.66. The van der Waals surface area contributed by atoms with Crippen LogP contribution < -0.4 is 0 Å². The Hall–Kier alpha value is -0.690. The maximum Gasteiger partial charge on any atom is 0.303 e. The molecule has 4 rings (SSSR count). The zero-order chi connectivity index (χ0) is 20.5. The van der Waals surface area contributed by atoms with Gasteiger partial charge in [-0.2, -0.15) is 0 Å². The van der Waals surface area contributed by atoms with E-state index in [1.54, 1.807) is 0 Å². The van der Waals surface area contributed by atoms with Crippen molar-refractivity contribution in [1.82, 2.24) is 0 Å². The highest BCUT2D eigenvalue weighted by Crippen LogP contribution is 2.68. The van der Waals surface area contributed by atoms with Crippen LogP contribution in [0.1, 0.15) is 73.1 Å². The first-order valence-electron chi connectivity index (χ1n) is 10.8. The highest BCUT2D eigenvalue weighted by atomic mass is 16.6. The summed E-state index contributed by atoms with van der Waals surface area (Å²) >= 11 is 0. The van der Waals surface area contributed by atoms with Crippen molar-refractivity contribution in [2.75, 3.05) is 6.61 Å². The van der Waals surface area contributed by atoms with Gasteiger partial charge in [0, 0.05) is 30.6 Å². The lowest BCUT2D eigenvalue weighted by atomic mass is 9.43. The van der Waals surface area contributed by atoms with Crippen LogP contribution in [0.15, 0.2) is 0 Å². The Morgan fingerprint density at radius 3 is 2.43 bits per heavy atom. The Bertz CT molecular complexity index is 649. The number of hydrogen-bond acceptors (Lipinski definition) is 6. The molecule has 2 spiro atoms. The Morgan fingerprint density at radius 1 is 1.11 bits per heavy atom. The van der Waals surface area contributed by atoms with E-state index in [9.17, 15) is 15.0 Å². The predicted octanol–water partition coefficient (Wildman–Crippen LogP) is 2.79. The first-order chi connectivity index (χ1) is 13.0. The Kier molecular flexibility index (Phi) is 4.70. The van der Waals surface area contributed by atoms with Crippen LogP contribution in [0.4, 0.5) is 0 Å². The van der Waals surface area contributed by atoms with Gasteiger partial charge < -0.3 is 24.4 Å². The third kappa shape index (κ3) is 2.71. The standard InChI is InChI=1S/C22H36O6/c1-13-16(25)17(27-14(2)23)18-19(3,4)7-6-8-20(18,5)22(13)10-9-21(28-22)11-15(24)26-12-21/h13,15-18,24-25H,6-12H2,1-5H3/t13-,15-,16-,17-,18+,20+,21-,22-/m1/s1. The van der Waals surface area contributed by atoms with Gasteiger partial charge in [0.1, 0.15) is 6.10 Å². The largest absolute Gasteiger partial charge is 0.459 e. The van der Waals surface area contributed by atoms with Crippen molar-refractivity contribution in [3.63, 3.8) is 0 Å². The first-order valence-corrected chi connectivity index (χ1v) is 10.8. The molecule has 4 fully saturated rings. The van der Waals surface area contributed by atoms with Crippen molar-refractivity contribution in [2.24, 2.45) is 22.7 Å². The van der Waals surface area contributed by atoms with Crippen molar-refractivity contribution in [3.8, 4) is 0 Å². The lowest BCUT2D eigenvalue weighted by Crippen LogP contribution is -2.71. The maximum absolute atomic E-state index is 11.9. The van der Waals surface area contributed by atoms with Crippen molar-refractivity contribution >= 4 is 5.97 Å². The molecule has 6 nitrogen and oxygen atoms in total. The molecular formula is C22H36O6. The van der Waals surface area contributed by atoms with Crippen LogP contribution in [0.3, 0.4) is 0 Å². The lowest BCUT2D eigenvalue weighted by molar-refractivity contribution is -0.299. The van der Waals surface area contributed by atoms with Crippen molar-refractivity contribution in [1.29, 1.82) is 0 Å². The van der Waals surface area contributed by atoms with Crippen molar-refractivity contribution in [2.45, 2.75) is 103 Å². The van der Waals surface area contributed by atoms with Crippen LogP contribution in [-0.2, 0) is 19.0 Å². The molecule has 0 bridgehead atoms. The van der Waals surface area contributed by atoms with Gasteiger partial charge >= 0.3 is 5.97 Å². The fraction of sp³-hybridized carbons (Fsp3) is 0.955. The van der Waals surface area contributed by atoms with E-state index in [1.165, 1.54) is 6.92 Å². The Labute approximate surface area is 167 Å². The average molecular weight is 397 g/mol. The molecule has 2 heterocycles. The minimum Gasteiger partial charge on any atom is -0.459 e. The SMILES string of the molecule is CC(=O)O[C@@H]1[C@H](O)[C@@H](C)[C@]2(CC[C@@]3(CO[C@@H](O)C3)O2)[C@@]2(C)CCCC(C)(C)[C@H]12. The molecule has 0 radical (unpaired) electrons. The predicted molar refractivity (Wildman–Crippen MR) is 102 cm³/mol. The van der Waals surface area contributed by atoms with E-state index in [0.29, 0.717) is 13.0 Å². The molecule has 2 saturated carbocycles. The van der Waals surface area contributed by atoms with Gasteiger partial charge in [-0.15, -0.1) is 0 Å². The zero-order valence-corrected chi connectivity index (χ0v) is 17.9. The maximum atomic E-state index is 11.9. The van der Waals surface area contributed by atoms with E-state index >= 15 is 0 Å². The van der Waals surface area contributed by atoms with Gasteiger partial charge in [0.05, 0.1) is 23.9 Å². The summed E-state index contributed by atoms with van der Waals surface area (Å²) in [4.78, 5) is 11.9. The van der Waals surface area contributed by atoms with E-state index in [4.69, 9.17) is 14.2 Å². The molecule has 0 aromatic heterocycles. The quantitative estimate of drug-likeness (QED) is 0.663. The number of ether oxygens (including phenoxy) is 3. The minimum absolute atomic E-state index is 0.00578. The molecule has 160 valence electrons. The normalized spacial score (nSPS) is 52.8. The number of rotatable bonds is 1. The van der Waals surface area contributed by atoms with Crippen LogP contribution in [0.5, 0.6) is 0 Å². The van der Waals surface area contributed by atoms with Gasteiger partial charge in [-0.25, -0.2) is 0 Å². The van der Waals surface area contributed by atoms with Gasteiger partial charge in [-0.3, -0.25) is 4.79 Å². The summed E-state index contributed by atoms with van der Waals surface area (Å²) in [6.07, 6.45) is 3.16. The number of carbonyl (C=O) groups is 1. The van der Waals surface area contributed by atoms with Crippen LogP contribution in [0.25, 0.3) is 0 Å². The van der Waals surface area contributed by atoms with E-state index in [-0.39, 0.29) is 28.6 Å². The molecule has 6 heteroatoms. The molecule has 0 aromatic carbocycles. The second-order valence-electron chi connectivity index (χ2n) is 10.7. The summed E-state index contributed by atoms with van der Waals surface area (Å²) in [5.74, 6) is -0.512. The monoisotopic (exact) mass is 396 g/mol. The highest BCUT2D eigenvalue weighted by Gasteiger charge is 2.72. The number of hydrogen-bond donors (Lipinski definition) is 2. The molecule has 2 N–H and O–H groups in total. The molecule has 2 aliphatic heterocycles. The number of aliphatic hydroxyl groups is 2. The van der Waals surface area contributed by atoms with Crippen molar-refractivity contribution < 1.29 is 29.2 Å². The third-order valence-corrected chi connectivity index (χ3v) is 8.66. The van der Waals surface area contributed by atoms with Crippen LogP contribution in [0.2, 0.25) is 0 Å². The Morgan fingerprint density at radius 2 is 1.82 bits per heavy atom. The van der Waals surface area contributed by atoms with Gasteiger partial charge in [0.2, 0.25) is 0 Å². The first kappa shape index (κ1) is 20.6. The van der Waals surface area contributed by atoms with E-state index < -0.39 is 29.7 Å². The summed E-state index contributed by atoms with van der Waals surface area (Å²) in [6.45, 7) is 10.6. The second kappa shape index (κ2) is 6.40. The smallest absolute Gasteiger partial charge is 0.303 e.